The molecule has 0 bridgehead atoms. The Morgan fingerprint density at radius 3 is 2.92 bits per heavy atom. The molecule has 0 saturated heterocycles. The Bertz CT molecular complexity index is 972. The second kappa shape index (κ2) is 6.74. The van der Waals surface area contributed by atoms with Crippen LogP contribution in [0.2, 0.25) is 5.02 Å². The molecule has 0 unspecified atom stereocenters. The van der Waals surface area contributed by atoms with E-state index in [4.69, 9.17) is 17.3 Å². The van der Waals surface area contributed by atoms with Gasteiger partial charge in [-0.3, -0.25) is 4.98 Å². The van der Waals surface area contributed by atoms with Crippen LogP contribution in [0.1, 0.15) is 5.56 Å². The van der Waals surface area contributed by atoms with Gasteiger partial charge in [0.2, 0.25) is 0 Å². The van der Waals surface area contributed by atoms with Crippen LogP contribution in [0, 0.1) is 11.3 Å². The van der Waals surface area contributed by atoms with Gasteiger partial charge in [-0.25, -0.2) is 9.07 Å². The summed E-state index contributed by atoms with van der Waals surface area (Å²) in [4.78, 5) is 4.05. The molecule has 0 atom stereocenters. The third-order valence-electron chi connectivity index (χ3n) is 3.41. The first kappa shape index (κ1) is 16.1. The summed E-state index contributed by atoms with van der Waals surface area (Å²) in [5, 5.41) is 17.8. The highest BCUT2D eigenvalue weighted by atomic mass is 35.5. The van der Waals surface area contributed by atoms with Crippen molar-refractivity contribution in [1.82, 2.24) is 20.0 Å². The molecule has 0 radical (unpaired) electrons. The summed E-state index contributed by atoms with van der Waals surface area (Å²) in [6, 6.07) is 7.11. The van der Waals surface area contributed by atoms with Crippen molar-refractivity contribution in [2.24, 2.45) is 5.73 Å². The van der Waals surface area contributed by atoms with E-state index < -0.39 is 5.83 Å². The van der Waals surface area contributed by atoms with Crippen LogP contribution in [-0.2, 0) is 6.54 Å². The molecule has 24 heavy (non-hydrogen) atoms. The Labute approximate surface area is 142 Å². The third kappa shape index (κ3) is 3.11. The average Bonchev–Trinajstić information content (AvgIpc) is 2.97. The summed E-state index contributed by atoms with van der Waals surface area (Å²) < 4.78 is 15.1. The van der Waals surface area contributed by atoms with Crippen molar-refractivity contribution in [3.05, 3.63) is 53.1 Å². The average molecular weight is 343 g/mol. The Kier molecular flexibility index (Phi) is 4.51. The molecule has 8 heteroatoms. The van der Waals surface area contributed by atoms with E-state index in [1.54, 1.807) is 24.4 Å². The molecule has 2 N–H and O–H groups in total. The first-order valence-corrected chi connectivity index (χ1v) is 7.43. The van der Waals surface area contributed by atoms with Crippen molar-refractivity contribution in [2.45, 2.75) is 6.54 Å². The lowest BCUT2D eigenvalue weighted by atomic mass is 10.0. The number of pyridine rings is 1. The molecule has 0 fully saturated rings. The van der Waals surface area contributed by atoms with E-state index in [9.17, 15) is 9.65 Å². The van der Waals surface area contributed by atoms with Gasteiger partial charge < -0.3 is 5.73 Å². The van der Waals surface area contributed by atoms with Crippen molar-refractivity contribution in [1.29, 1.82) is 5.26 Å². The van der Waals surface area contributed by atoms with Crippen molar-refractivity contribution < 1.29 is 4.39 Å². The van der Waals surface area contributed by atoms with E-state index in [1.165, 1.54) is 17.0 Å². The largest absolute Gasteiger partial charge is 0.327 e. The molecule has 2 aromatic heterocycles. The minimum Gasteiger partial charge on any atom is -0.327 e. The fraction of sp³-hybridized carbons (Fsp3) is 0.125. The van der Waals surface area contributed by atoms with E-state index >= 15 is 0 Å². The highest BCUT2D eigenvalue weighted by molar-refractivity contribution is 6.30. The van der Waals surface area contributed by atoms with Gasteiger partial charge in [0.05, 0.1) is 28.7 Å². The Balaban J connectivity index is 2.19. The minimum atomic E-state index is -0.419. The van der Waals surface area contributed by atoms with Gasteiger partial charge in [0.15, 0.2) is 0 Å². The van der Waals surface area contributed by atoms with Gasteiger partial charge in [-0.05, 0) is 24.3 Å². The van der Waals surface area contributed by atoms with E-state index in [1.807, 2.05) is 0 Å². The predicted octanol–water partition coefficient (Wildman–Crippen LogP) is 2.83. The summed E-state index contributed by atoms with van der Waals surface area (Å²) in [5.74, 6) is -0.419. The van der Waals surface area contributed by atoms with Gasteiger partial charge >= 0.3 is 0 Å². The number of fused-ring (bicyclic) bond motifs is 1. The number of halogens is 2. The van der Waals surface area contributed by atoms with Gasteiger partial charge in [0, 0.05) is 30.1 Å². The van der Waals surface area contributed by atoms with Crippen LogP contribution < -0.4 is 5.73 Å². The molecule has 0 aliphatic heterocycles. The van der Waals surface area contributed by atoms with E-state index in [-0.39, 0.29) is 13.1 Å². The number of nitrogens with two attached hydrogens (primary N) is 1. The quantitative estimate of drug-likeness (QED) is 0.786. The maximum atomic E-state index is 13.8. The normalized spacial score (nSPS) is 11.7. The number of hydrogen-bond acceptors (Lipinski definition) is 5. The number of rotatable bonds is 4. The van der Waals surface area contributed by atoms with Crippen LogP contribution in [0.15, 0.2) is 42.5 Å². The summed E-state index contributed by atoms with van der Waals surface area (Å²) in [7, 11) is 0. The molecule has 0 aliphatic carbocycles. The van der Waals surface area contributed by atoms with Crippen LogP contribution in [-0.4, -0.2) is 26.5 Å². The molecule has 6 nitrogen and oxygen atoms in total. The van der Waals surface area contributed by atoms with Crippen LogP contribution in [0.3, 0.4) is 0 Å². The molecule has 0 spiro atoms. The zero-order valence-electron chi connectivity index (χ0n) is 12.4. The molecule has 1 aromatic carbocycles. The number of aromatic nitrogens is 4. The molecular weight excluding hydrogens is 331 g/mol. The van der Waals surface area contributed by atoms with Crippen molar-refractivity contribution >= 4 is 22.6 Å². The predicted molar refractivity (Wildman–Crippen MR) is 88.7 cm³/mol. The Morgan fingerprint density at radius 2 is 2.21 bits per heavy atom. The van der Waals surface area contributed by atoms with Crippen molar-refractivity contribution in [3.8, 4) is 17.2 Å². The summed E-state index contributed by atoms with van der Waals surface area (Å²) in [5.41, 5.74) is 8.16. The number of allylic oxidation sites excluding steroid dienone is 1. The van der Waals surface area contributed by atoms with Crippen LogP contribution in [0.5, 0.6) is 0 Å². The number of hydrogen-bond donors (Lipinski definition) is 1. The lowest BCUT2D eigenvalue weighted by Crippen LogP contribution is -2.03. The molecule has 3 rings (SSSR count). The first-order chi connectivity index (χ1) is 11.6. The molecule has 3 aromatic rings. The molecule has 0 aliphatic rings. The van der Waals surface area contributed by atoms with Crippen LogP contribution >= 0.6 is 11.6 Å². The van der Waals surface area contributed by atoms with Gasteiger partial charge in [-0.1, -0.05) is 16.8 Å². The standard InChI is InChI=1S/C16H12ClFN6/c17-12-5-11(7-21-8-12)14-3-10(6-20)4-15-16(14)22-23-24(15)9-13(18)1-2-19/h1,3-5,7-8H,2,9,19H2/b13-1-. The van der Waals surface area contributed by atoms with Gasteiger partial charge in [-0.2, -0.15) is 5.26 Å². The second-order valence-electron chi connectivity index (χ2n) is 5.03. The van der Waals surface area contributed by atoms with Crippen LogP contribution in [0.4, 0.5) is 4.39 Å². The molecule has 0 saturated carbocycles. The fourth-order valence-electron chi connectivity index (χ4n) is 2.36. The Morgan fingerprint density at radius 1 is 1.38 bits per heavy atom. The number of nitriles is 1. The van der Waals surface area contributed by atoms with Gasteiger partial charge in [0.25, 0.3) is 0 Å². The lowest BCUT2D eigenvalue weighted by Gasteiger charge is -2.05. The highest BCUT2D eigenvalue weighted by Gasteiger charge is 2.14. The summed E-state index contributed by atoms with van der Waals surface area (Å²) >= 11 is 5.99. The van der Waals surface area contributed by atoms with E-state index in [0.29, 0.717) is 32.7 Å². The number of nitrogens with zero attached hydrogens (tertiary/aromatic N) is 5. The Hall–Kier alpha value is -2.82. The molecule has 120 valence electrons. The van der Waals surface area contributed by atoms with Gasteiger partial charge in [0.1, 0.15) is 11.3 Å². The van der Waals surface area contributed by atoms with Crippen LogP contribution in [0.25, 0.3) is 22.2 Å². The maximum absolute atomic E-state index is 13.8. The van der Waals surface area contributed by atoms with Crippen molar-refractivity contribution in [3.63, 3.8) is 0 Å². The topological polar surface area (TPSA) is 93.4 Å². The fourth-order valence-corrected chi connectivity index (χ4v) is 2.54. The second-order valence-corrected chi connectivity index (χ2v) is 5.47. The molecule has 0 amide bonds. The maximum Gasteiger partial charge on any atom is 0.121 e. The van der Waals surface area contributed by atoms with Gasteiger partial charge in [-0.15, -0.1) is 5.10 Å². The summed E-state index contributed by atoms with van der Waals surface area (Å²) in [6.45, 7) is -0.00282. The smallest absolute Gasteiger partial charge is 0.121 e. The lowest BCUT2D eigenvalue weighted by molar-refractivity contribution is 0.524. The zero-order valence-corrected chi connectivity index (χ0v) is 13.2. The monoisotopic (exact) mass is 342 g/mol. The number of benzene rings is 1. The first-order valence-electron chi connectivity index (χ1n) is 7.05. The molecule has 2 heterocycles. The highest BCUT2D eigenvalue weighted by Crippen LogP contribution is 2.30. The SMILES string of the molecule is N#Cc1cc(-c2cncc(Cl)c2)c2nnn(C/C(F)=C/CN)c2c1. The van der Waals surface area contributed by atoms with E-state index in [0.717, 1.165) is 0 Å². The van der Waals surface area contributed by atoms with E-state index in [2.05, 4.69) is 21.4 Å². The summed E-state index contributed by atoms with van der Waals surface area (Å²) in [6.07, 6.45) is 4.40. The zero-order chi connectivity index (χ0) is 17.1. The van der Waals surface area contributed by atoms with Crippen molar-refractivity contribution in [2.75, 3.05) is 6.54 Å². The third-order valence-corrected chi connectivity index (χ3v) is 3.61. The minimum absolute atomic E-state index is 0.0986. The molecular formula is C16H12ClFN6.